The SMILES string of the molecule is [N-]=[N+]=NCC(O)C(O)c1ccc2c(c1)COC2=O. The fourth-order valence-electron chi connectivity index (χ4n) is 1.78. The summed E-state index contributed by atoms with van der Waals surface area (Å²) in [6, 6.07) is 4.68. The second kappa shape index (κ2) is 5.05. The van der Waals surface area contributed by atoms with E-state index >= 15 is 0 Å². The van der Waals surface area contributed by atoms with Crippen LogP contribution in [-0.4, -0.2) is 28.8 Å². The Morgan fingerprint density at radius 2 is 2.28 bits per heavy atom. The van der Waals surface area contributed by atoms with Gasteiger partial charge in [-0.25, -0.2) is 4.79 Å². The van der Waals surface area contributed by atoms with E-state index in [4.69, 9.17) is 10.3 Å². The van der Waals surface area contributed by atoms with Gasteiger partial charge in [-0.3, -0.25) is 0 Å². The standard InChI is InChI=1S/C11H11N3O4/c12-14-13-4-9(15)10(16)6-1-2-8-7(3-6)5-18-11(8)17/h1-3,9-10,15-16H,4-5H2. The van der Waals surface area contributed by atoms with Crippen molar-refractivity contribution in [3.8, 4) is 0 Å². The fraction of sp³-hybridized carbons (Fsp3) is 0.364. The van der Waals surface area contributed by atoms with Crippen LogP contribution in [0.3, 0.4) is 0 Å². The van der Waals surface area contributed by atoms with Gasteiger partial charge in [-0.15, -0.1) is 0 Å². The molecule has 94 valence electrons. The number of benzene rings is 1. The van der Waals surface area contributed by atoms with Crippen LogP contribution in [0.1, 0.15) is 27.6 Å². The van der Waals surface area contributed by atoms with Crippen molar-refractivity contribution in [2.45, 2.75) is 18.8 Å². The highest BCUT2D eigenvalue weighted by molar-refractivity contribution is 5.93. The van der Waals surface area contributed by atoms with Crippen molar-refractivity contribution in [3.63, 3.8) is 0 Å². The van der Waals surface area contributed by atoms with Crippen molar-refractivity contribution < 1.29 is 19.7 Å². The van der Waals surface area contributed by atoms with E-state index in [9.17, 15) is 15.0 Å². The minimum atomic E-state index is -1.18. The Kier molecular flexibility index (Phi) is 3.47. The Morgan fingerprint density at radius 3 is 3.00 bits per heavy atom. The number of azide groups is 1. The minimum absolute atomic E-state index is 0.168. The van der Waals surface area contributed by atoms with E-state index in [1.54, 1.807) is 12.1 Å². The number of carbonyl (C=O) groups is 1. The van der Waals surface area contributed by atoms with Gasteiger partial charge in [0.1, 0.15) is 12.7 Å². The normalized spacial score (nSPS) is 16.4. The summed E-state index contributed by atoms with van der Waals surface area (Å²) >= 11 is 0. The Balaban J connectivity index is 2.19. The second-order valence-electron chi connectivity index (χ2n) is 3.92. The van der Waals surface area contributed by atoms with Crippen molar-refractivity contribution in [1.29, 1.82) is 0 Å². The molecule has 0 fully saturated rings. The number of cyclic esters (lactones) is 1. The van der Waals surface area contributed by atoms with Crippen LogP contribution in [0.4, 0.5) is 0 Å². The number of hydrogen-bond acceptors (Lipinski definition) is 5. The van der Waals surface area contributed by atoms with Gasteiger partial charge in [0, 0.05) is 10.5 Å². The smallest absolute Gasteiger partial charge is 0.338 e. The molecule has 1 aromatic rings. The Morgan fingerprint density at radius 1 is 1.50 bits per heavy atom. The lowest BCUT2D eigenvalue weighted by Gasteiger charge is -2.16. The van der Waals surface area contributed by atoms with E-state index < -0.39 is 12.2 Å². The van der Waals surface area contributed by atoms with Gasteiger partial charge in [0.15, 0.2) is 0 Å². The number of carbonyl (C=O) groups excluding carboxylic acids is 1. The van der Waals surface area contributed by atoms with E-state index in [2.05, 4.69) is 10.0 Å². The van der Waals surface area contributed by atoms with Crippen LogP contribution in [-0.2, 0) is 11.3 Å². The van der Waals surface area contributed by atoms with E-state index in [1.807, 2.05) is 0 Å². The molecule has 7 nitrogen and oxygen atoms in total. The maximum absolute atomic E-state index is 11.2. The molecule has 0 saturated heterocycles. The Hall–Kier alpha value is -2.08. The number of hydrogen-bond donors (Lipinski definition) is 2. The molecule has 2 atom stereocenters. The maximum atomic E-state index is 11.2. The zero-order chi connectivity index (χ0) is 13.1. The first-order valence-corrected chi connectivity index (χ1v) is 5.30. The predicted molar refractivity (Wildman–Crippen MR) is 60.5 cm³/mol. The van der Waals surface area contributed by atoms with E-state index in [-0.39, 0.29) is 19.1 Å². The van der Waals surface area contributed by atoms with Crippen LogP contribution in [0.15, 0.2) is 23.3 Å². The average molecular weight is 249 g/mol. The number of esters is 1. The molecule has 1 aliphatic rings. The second-order valence-corrected chi connectivity index (χ2v) is 3.92. The zero-order valence-corrected chi connectivity index (χ0v) is 9.35. The van der Waals surface area contributed by atoms with Crippen molar-refractivity contribution in [2.24, 2.45) is 5.11 Å². The molecule has 18 heavy (non-hydrogen) atoms. The summed E-state index contributed by atoms with van der Waals surface area (Å²) in [6.45, 7) is -0.0502. The summed E-state index contributed by atoms with van der Waals surface area (Å²) in [4.78, 5) is 13.7. The summed E-state index contributed by atoms with van der Waals surface area (Å²) in [5, 5.41) is 22.6. The summed E-state index contributed by atoms with van der Waals surface area (Å²) in [5.74, 6) is -0.388. The monoisotopic (exact) mass is 249 g/mol. The first-order chi connectivity index (χ1) is 8.63. The molecular formula is C11H11N3O4. The summed E-state index contributed by atoms with van der Waals surface area (Å²) in [5.41, 5.74) is 9.73. The van der Waals surface area contributed by atoms with E-state index in [0.29, 0.717) is 16.7 Å². The summed E-state index contributed by atoms with van der Waals surface area (Å²) in [6.07, 6.45) is -2.35. The molecule has 0 saturated carbocycles. The lowest BCUT2D eigenvalue weighted by atomic mass is 9.99. The number of ether oxygens (including phenoxy) is 1. The van der Waals surface area contributed by atoms with E-state index in [1.165, 1.54) is 6.07 Å². The fourth-order valence-corrected chi connectivity index (χ4v) is 1.78. The van der Waals surface area contributed by atoms with Gasteiger partial charge < -0.3 is 14.9 Å². The van der Waals surface area contributed by atoms with Crippen molar-refractivity contribution in [2.75, 3.05) is 6.54 Å². The van der Waals surface area contributed by atoms with Crippen LogP contribution in [0.25, 0.3) is 10.4 Å². The van der Waals surface area contributed by atoms with Crippen LogP contribution in [0, 0.1) is 0 Å². The largest absolute Gasteiger partial charge is 0.457 e. The molecule has 2 N–H and O–H groups in total. The van der Waals surface area contributed by atoms with Crippen LogP contribution in [0.5, 0.6) is 0 Å². The minimum Gasteiger partial charge on any atom is -0.457 e. The molecule has 1 aliphatic heterocycles. The van der Waals surface area contributed by atoms with Crippen LogP contribution in [0.2, 0.25) is 0 Å². The molecule has 7 heteroatoms. The number of fused-ring (bicyclic) bond motifs is 1. The molecule has 2 rings (SSSR count). The van der Waals surface area contributed by atoms with Gasteiger partial charge >= 0.3 is 5.97 Å². The lowest BCUT2D eigenvalue weighted by molar-refractivity contribution is 0.0243. The van der Waals surface area contributed by atoms with Gasteiger partial charge in [-0.1, -0.05) is 11.2 Å². The highest BCUT2D eigenvalue weighted by Gasteiger charge is 2.24. The average Bonchev–Trinajstić information content (AvgIpc) is 2.76. The van der Waals surface area contributed by atoms with Crippen molar-refractivity contribution in [1.82, 2.24) is 0 Å². The third-order valence-corrected chi connectivity index (χ3v) is 2.75. The van der Waals surface area contributed by atoms with Gasteiger partial charge in [-0.2, -0.15) is 0 Å². The van der Waals surface area contributed by atoms with Gasteiger partial charge in [0.25, 0.3) is 0 Å². The molecule has 0 aliphatic carbocycles. The molecule has 0 aromatic heterocycles. The van der Waals surface area contributed by atoms with Crippen LogP contribution >= 0.6 is 0 Å². The highest BCUT2D eigenvalue weighted by Crippen LogP contribution is 2.25. The van der Waals surface area contributed by atoms with E-state index in [0.717, 1.165) is 0 Å². The van der Waals surface area contributed by atoms with Crippen LogP contribution < -0.4 is 0 Å². The number of aliphatic hydroxyl groups excluding tert-OH is 2. The zero-order valence-electron chi connectivity index (χ0n) is 9.35. The Labute approximate surface area is 102 Å². The van der Waals surface area contributed by atoms with Gasteiger partial charge in [0.2, 0.25) is 0 Å². The molecule has 0 radical (unpaired) electrons. The van der Waals surface area contributed by atoms with Crippen molar-refractivity contribution >= 4 is 5.97 Å². The number of aliphatic hydroxyl groups is 2. The molecular weight excluding hydrogens is 238 g/mol. The van der Waals surface area contributed by atoms with Gasteiger partial charge in [0.05, 0.1) is 18.2 Å². The summed E-state index contributed by atoms with van der Waals surface area (Å²) < 4.78 is 4.83. The highest BCUT2D eigenvalue weighted by atomic mass is 16.5. The molecule has 1 heterocycles. The lowest BCUT2D eigenvalue weighted by Crippen LogP contribution is -2.21. The molecule has 1 aromatic carbocycles. The summed E-state index contributed by atoms with van der Waals surface area (Å²) in [7, 11) is 0. The molecule has 0 bridgehead atoms. The number of rotatable bonds is 4. The third kappa shape index (κ3) is 2.28. The Bertz CT molecular complexity index is 525. The molecule has 2 unspecified atom stereocenters. The third-order valence-electron chi connectivity index (χ3n) is 2.75. The predicted octanol–water partition coefficient (Wildman–Crippen LogP) is 1.06. The maximum Gasteiger partial charge on any atom is 0.338 e. The first kappa shape index (κ1) is 12.4. The topological polar surface area (TPSA) is 116 Å². The first-order valence-electron chi connectivity index (χ1n) is 5.30. The van der Waals surface area contributed by atoms with Crippen molar-refractivity contribution in [3.05, 3.63) is 45.3 Å². The molecule has 0 spiro atoms. The quantitative estimate of drug-likeness (QED) is 0.359. The number of nitrogens with zero attached hydrogens (tertiary/aromatic N) is 3. The molecule has 0 amide bonds. The van der Waals surface area contributed by atoms with Gasteiger partial charge in [-0.05, 0) is 23.2 Å².